The first-order valence-corrected chi connectivity index (χ1v) is 9.47. The molecule has 114 valence electrons. The van der Waals surface area contributed by atoms with Crippen LogP contribution in [0.1, 0.15) is 14.8 Å². The molecule has 0 unspecified atom stereocenters. The number of rotatable bonds is 2. The van der Waals surface area contributed by atoms with Crippen LogP contribution >= 0.6 is 34.0 Å². The number of benzene rings is 1. The van der Waals surface area contributed by atoms with Gasteiger partial charge in [-0.2, -0.15) is 0 Å². The summed E-state index contributed by atoms with van der Waals surface area (Å²) in [4.78, 5) is 21.9. The zero-order chi connectivity index (χ0) is 15.8. The number of para-hydroxylation sites is 1. The lowest BCUT2D eigenvalue weighted by Gasteiger charge is -1.80. The fraction of sp³-hybridized carbons (Fsp3) is 0.0588. The van der Waals surface area contributed by atoms with Crippen molar-refractivity contribution in [1.82, 2.24) is 9.97 Å². The Morgan fingerprint density at radius 2 is 1.91 bits per heavy atom. The summed E-state index contributed by atoms with van der Waals surface area (Å²) in [6.07, 6.45) is 3.88. The van der Waals surface area contributed by atoms with Gasteiger partial charge in [0.05, 0.1) is 19.4 Å². The predicted molar refractivity (Wildman–Crippen MR) is 100.0 cm³/mol. The van der Waals surface area contributed by atoms with Crippen LogP contribution in [0.15, 0.2) is 41.2 Å². The van der Waals surface area contributed by atoms with E-state index in [-0.39, 0.29) is 5.56 Å². The molecular formula is C17H12N2OS3. The van der Waals surface area contributed by atoms with Crippen molar-refractivity contribution in [2.75, 3.05) is 0 Å². The fourth-order valence-corrected chi connectivity index (χ4v) is 5.01. The van der Waals surface area contributed by atoms with Crippen LogP contribution < -0.4 is 14.8 Å². The highest BCUT2D eigenvalue weighted by Crippen LogP contribution is 2.21. The summed E-state index contributed by atoms with van der Waals surface area (Å²) >= 11 is 4.77. The van der Waals surface area contributed by atoms with E-state index in [0.29, 0.717) is 0 Å². The first-order valence-electron chi connectivity index (χ1n) is 7.02. The van der Waals surface area contributed by atoms with Crippen molar-refractivity contribution in [3.05, 3.63) is 70.7 Å². The predicted octanol–water partition coefficient (Wildman–Crippen LogP) is 3.07. The summed E-state index contributed by atoms with van der Waals surface area (Å²) in [5, 5.41) is 0.905. The molecule has 0 saturated heterocycles. The minimum atomic E-state index is -0.0478. The molecule has 1 N–H and O–H groups in total. The van der Waals surface area contributed by atoms with Crippen molar-refractivity contribution < 1.29 is 0 Å². The van der Waals surface area contributed by atoms with Crippen LogP contribution in [0.5, 0.6) is 0 Å². The second kappa shape index (κ2) is 5.88. The maximum absolute atomic E-state index is 12.1. The molecule has 3 heterocycles. The molecule has 4 aromatic rings. The van der Waals surface area contributed by atoms with Crippen LogP contribution in [0.25, 0.3) is 22.4 Å². The highest BCUT2D eigenvalue weighted by Gasteiger charge is 2.02. The number of aromatic nitrogens is 2. The Balaban J connectivity index is 1.79. The van der Waals surface area contributed by atoms with Crippen molar-refractivity contribution in [2.24, 2.45) is 0 Å². The molecule has 0 fully saturated rings. The molecule has 0 aliphatic rings. The maximum atomic E-state index is 12.1. The minimum Gasteiger partial charge on any atom is -0.313 e. The molecule has 3 nitrogen and oxygen atoms in total. The van der Waals surface area contributed by atoms with Gasteiger partial charge in [0, 0.05) is 15.8 Å². The van der Waals surface area contributed by atoms with Crippen molar-refractivity contribution in [3.8, 4) is 0 Å². The van der Waals surface area contributed by atoms with E-state index in [0.717, 1.165) is 29.3 Å². The number of H-pyrrole nitrogens is 1. The number of fused-ring (bicyclic) bond motifs is 1. The molecule has 0 saturated carbocycles. The number of thiazole rings is 2. The molecule has 6 heteroatoms. The standard InChI is InChI=1S/C17H12N2OS3/c1-10-6-7-11(21-10)8-14-17(20)19-16(23-14)9-15-18-12-4-2-3-5-13(12)22-15/h2-9H,1H3,(H,19,20)/b14-8-,16-9+. The number of thiophene rings is 1. The number of hydrogen-bond acceptors (Lipinski definition) is 5. The molecule has 0 spiro atoms. The van der Waals surface area contributed by atoms with Crippen molar-refractivity contribution in [3.63, 3.8) is 0 Å². The first-order chi connectivity index (χ1) is 11.2. The topological polar surface area (TPSA) is 45.8 Å². The van der Waals surface area contributed by atoms with Crippen LogP contribution in [0.3, 0.4) is 0 Å². The highest BCUT2D eigenvalue weighted by atomic mass is 32.1. The summed E-state index contributed by atoms with van der Waals surface area (Å²) < 4.78 is 2.70. The molecule has 23 heavy (non-hydrogen) atoms. The van der Waals surface area contributed by atoms with Crippen LogP contribution in [-0.4, -0.2) is 9.97 Å². The third-order valence-electron chi connectivity index (χ3n) is 3.28. The average Bonchev–Trinajstić information content (AvgIpc) is 3.19. The molecule has 0 aliphatic heterocycles. The summed E-state index contributed by atoms with van der Waals surface area (Å²) in [6, 6.07) is 12.1. The lowest BCUT2D eigenvalue weighted by molar-refractivity contribution is 1.25. The quantitative estimate of drug-likeness (QED) is 0.600. The summed E-state index contributed by atoms with van der Waals surface area (Å²) in [5.74, 6) is 0. The molecule has 0 atom stereocenters. The Kier molecular flexibility index (Phi) is 3.72. The van der Waals surface area contributed by atoms with Gasteiger partial charge in [-0.15, -0.1) is 34.0 Å². The number of nitrogens with zero attached hydrogens (tertiary/aromatic N) is 1. The minimum absolute atomic E-state index is 0.0478. The second-order valence-corrected chi connectivity index (χ2v) is 8.51. The third kappa shape index (κ3) is 3.06. The Bertz CT molecular complexity index is 1130. The number of hydrogen-bond donors (Lipinski definition) is 1. The van der Waals surface area contributed by atoms with E-state index >= 15 is 0 Å². The SMILES string of the molecule is Cc1ccc(/C=c2\s/c(=C/c3nc4ccccc4s3)[nH]c2=O)s1. The van der Waals surface area contributed by atoms with Gasteiger partial charge in [0.2, 0.25) is 0 Å². The average molecular weight is 356 g/mol. The Morgan fingerprint density at radius 1 is 1.04 bits per heavy atom. The molecular weight excluding hydrogens is 344 g/mol. The maximum Gasteiger partial charge on any atom is 0.266 e. The lowest BCUT2D eigenvalue weighted by Crippen LogP contribution is -2.19. The van der Waals surface area contributed by atoms with Gasteiger partial charge in [-0.1, -0.05) is 12.1 Å². The first kappa shape index (κ1) is 14.6. The third-order valence-corrected chi connectivity index (χ3v) is 6.17. The van der Waals surface area contributed by atoms with Gasteiger partial charge < -0.3 is 4.98 Å². The van der Waals surface area contributed by atoms with Gasteiger partial charge in [-0.3, -0.25) is 4.79 Å². The molecule has 0 radical (unpaired) electrons. The van der Waals surface area contributed by atoms with E-state index in [1.165, 1.54) is 16.2 Å². The molecule has 4 rings (SSSR count). The molecule has 0 aliphatic carbocycles. The van der Waals surface area contributed by atoms with Gasteiger partial charge >= 0.3 is 0 Å². The van der Waals surface area contributed by atoms with Gasteiger partial charge in [0.15, 0.2) is 0 Å². The molecule has 1 aromatic carbocycles. The number of aromatic amines is 1. The number of nitrogens with one attached hydrogen (secondary N) is 1. The smallest absolute Gasteiger partial charge is 0.266 e. The molecule has 0 bridgehead atoms. The van der Waals surface area contributed by atoms with Crippen molar-refractivity contribution in [2.45, 2.75) is 6.92 Å². The van der Waals surface area contributed by atoms with Crippen LogP contribution in [0.4, 0.5) is 0 Å². The Hall–Kier alpha value is -2.02. The Labute approximate surface area is 143 Å². The molecule has 0 amide bonds. The monoisotopic (exact) mass is 356 g/mol. The largest absolute Gasteiger partial charge is 0.313 e. The number of aryl methyl sites for hydroxylation is 1. The highest BCUT2D eigenvalue weighted by molar-refractivity contribution is 7.19. The van der Waals surface area contributed by atoms with E-state index in [1.807, 2.05) is 36.4 Å². The van der Waals surface area contributed by atoms with Gasteiger partial charge in [-0.05, 0) is 37.3 Å². The van der Waals surface area contributed by atoms with Gasteiger partial charge in [-0.25, -0.2) is 4.98 Å². The van der Waals surface area contributed by atoms with E-state index < -0.39 is 0 Å². The van der Waals surface area contributed by atoms with Crippen LogP contribution in [-0.2, 0) is 0 Å². The van der Waals surface area contributed by atoms with E-state index in [4.69, 9.17) is 0 Å². The Morgan fingerprint density at radius 3 is 2.70 bits per heavy atom. The zero-order valence-corrected chi connectivity index (χ0v) is 14.6. The molecule has 3 aromatic heterocycles. The van der Waals surface area contributed by atoms with Gasteiger partial charge in [0.1, 0.15) is 5.01 Å². The van der Waals surface area contributed by atoms with E-state index in [1.54, 1.807) is 22.7 Å². The summed E-state index contributed by atoms with van der Waals surface area (Å²) in [5.41, 5.74) is 0.942. The van der Waals surface area contributed by atoms with Crippen molar-refractivity contribution in [1.29, 1.82) is 0 Å². The normalized spacial score (nSPS) is 13.3. The van der Waals surface area contributed by atoms with Crippen LogP contribution in [0.2, 0.25) is 0 Å². The van der Waals surface area contributed by atoms with Crippen molar-refractivity contribution >= 4 is 56.4 Å². The van der Waals surface area contributed by atoms with Crippen LogP contribution in [0, 0.1) is 6.92 Å². The lowest BCUT2D eigenvalue weighted by atomic mass is 10.3. The summed E-state index contributed by atoms with van der Waals surface area (Å²) in [6.45, 7) is 2.06. The summed E-state index contributed by atoms with van der Waals surface area (Å²) in [7, 11) is 0. The van der Waals surface area contributed by atoms with E-state index in [9.17, 15) is 4.79 Å². The second-order valence-electron chi connectivity index (χ2n) is 5.04. The zero-order valence-electron chi connectivity index (χ0n) is 12.2. The van der Waals surface area contributed by atoms with E-state index in [2.05, 4.69) is 29.0 Å². The van der Waals surface area contributed by atoms with Gasteiger partial charge in [0.25, 0.3) is 5.56 Å². The fourth-order valence-electron chi connectivity index (χ4n) is 2.25.